The van der Waals surface area contributed by atoms with Crippen LogP contribution < -0.4 is 10.1 Å². The summed E-state index contributed by atoms with van der Waals surface area (Å²) in [6.45, 7) is -0.839. The van der Waals surface area contributed by atoms with Crippen molar-refractivity contribution in [2.24, 2.45) is 0 Å². The first-order valence-corrected chi connectivity index (χ1v) is 11.7. The highest BCUT2D eigenvalue weighted by Gasteiger charge is 2.28. The number of aromatic nitrogens is 1. The average molecular weight is 495 g/mol. The van der Waals surface area contributed by atoms with Crippen LogP contribution in [0.5, 0.6) is 5.75 Å². The Labute approximate surface area is 206 Å². The van der Waals surface area contributed by atoms with Gasteiger partial charge in [0.15, 0.2) is 6.61 Å². The van der Waals surface area contributed by atoms with Gasteiger partial charge < -0.3 is 19.4 Å². The molecule has 1 aromatic heterocycles. The maximum Gasteiger partial charge on any atom is 0.422 e. The summed E-state index contributed by atoms with van der Waals surface area (Å²) in [5, 5.41) is 4.33. The number of benzene rings is 3. The maximum absolute atomic E-state index is 12.5. The minimum atomic E-state index is -4.38. The Kier molecular flexibility index (Phi) is 6.35. The van der Waals surface area contributed by atoms with Gasteiger partial charge in [0.05, 0.1) is 18.4 Å². The second kappa shape index (κ2) is 9.60. The molecule has 8 heteroatoms. The Bertz CT molecular complexity index is 1410. The van der Waals surface area contributed by atoms with Gasteiger partial charge in [-0.3, -0.25) is 0 Å². The van der Waals surface area contributed by atoms with E-state index in [-0.39, 0.29) is 11.7 Å². The van der Waals surface area contributed by atoms with E-state index in [4.69, 9.17) is 9.47 Å². The van der Waals surface area contributed by atoms with E-state index in [0.29, 0.717) is 23.7 Å². The Morgan fingerprint density at radius 2 is 1.89 bits per heavy atom. The Hall–Kier alpha value is -3.94. The summed E-state index contributed by atoms with van der Waals surface area (Å²) in [7, 11) is 1.38. The van der Waals surface area contributed by atoms with E-state index >= 15 is 0 Å². The summed E-state index contributed by atoms with van der Waals surface area (Å²) in [6, 6.07) is 20.4. The Morgan fingerprint density at radius 1 is 1.06 bits per heavy atom. The standard InChI is InChI=1S/C28H25F3N2O3/c1-35-27(34)24-15-20(19-5-6-19)7-9-25(24)32-22-8-10-26-21(14-22)11-12-33(26)16-18-3-2-4-23(13-18)36-17-28(29,30)31/h2-4,7-15,19,32H,5-6,16-17H2,1H3. The molecule has 1 N–H and O–H groups in total. The summed E-state index contributed by atoms with van der Waals surface area (Å²) < 4.78 is 49.3. The molecular formula is C28H25F3N2O3. The quantitative estimate of drug-likeness (QED) is 0.267. The number of carbonyl (C=O) groups excluding carboxylic acids is 1. The molecule has 186 valence electrons. The number of anilines is 2. The van der Waals surface area contributed by atoms with Crippen LogP contribution in [-0.4, -0.2) is 30.4 Å². The van der Waals surface area contributed by atoms with Crippen molar-refractivity contribution in [1.29, 1.82) is 0 Å². The molecule has 0 saturated heterocycles. The number of nitrogens with zero attached hydrogens (tertiary/aromatic N) is 1. The van der Waals surface area contributed by atoms with Crippen LogP contribution in [0.4, 0.5) is 24.5 Å². The van der Waals surface area contributed by atoms with Crippen LogP contribution in [0.2, 0.25) is 0 Å². The minimum absolute atomic E-state index is 0.182. The highest BCUT2D eigenvalue weighted by atomic mass is 19.4. The molecule has 0 spiro atoms. The highest BCUT2D eigenvalue weighted by Crippen LogP contribution is 2.41. The molecule has 5 nitrogen and oxygen atoms in total. The lowest BCUT2D eigenvalue weighted by Gasteiger charge is -2.13. The summed E-state index contributed by atoms with van der Waals surface area (Å²) in [5.74, 6) is 0.325. The predicted octanol–water partition coefficient (Wildman–Crippen LogP) is 7.04. The molecule has 0 amide bonds. The molecule has 1 fully saturated rings. The van der Waals surface area contributed by atoms with Gasteiger partial charge in [0.1, 0.15) is 5.75 Å². The summed E-state index contributed by atoms with van der Waals surface area (Å²) >= 11 is 0. The first-order valence-electron chi connectivity index (χ1n) is 11.7. The lowest BCUT2D eigenvalue weighted by Crippen LogP contribution is -2.19. The van der Waals surface area contributed by atoms with E-state index in [1.54, 1.807) is 12.1 Å². The van der Waals surface area contributed by atoms with Gasteiger partial charge in [0.2, 0.25) is 0 Å². The molecule has 0 bridgehead atoms. The maximum atomic E-state index is 12.5. The highest BCUT2D eigenvalue weighted by molar-refractivity contribution is 5.97. The fourth-order valence-electron chi connectivity index (χ4n) is 4.29. The van der Waals surface area contributed by atoms with Crippen molar-refractivity contribution in [1.82, 2.24) is 4.57 Å². The van der Waals surface area contributed by atoms with Crippen LogP contribution in [0, 0.1) is 0 Å². The minimum Gasteiger partial charge on any atom is -0.484 e. The monoisotopic (exact) mass is 494 g/mol. The number of hydrogen-bond acceptors (Lipinski definition) is 4. The molecule has 0 radical (unpaired) electrons. The first kappa shape index (κ1) is 23.8. The zero-order valence-electron chi connectivity index (χ0n) is 19.6. The van der Waals surface area contributed by atoms with Gasteiger partial charge in [-0.2, -0.15) is 13.2 Å². The van der Waals surface area contributed by atoms with Crippen molar-refractivity contribution in [3.8, 4) is 5.75 Å². The van der Waals surface area contributed by atoms with Gasteiger partial charge in [-0.1, -0.05) is 18.2 Å². The molecule has 1 heterocycles. The van der Waals surface area contributed by atoms with Gasteiger partial charge >= 0.3 is 12.1 Å². The second-order valence-electron chi connectivity index (χ2n) is 8.96. The number of alkyl halides is 3. The van der Waals surface area contributed by atoms with Crippen LogP contribution in [0.1, 0.15) is 40.2 Å². The number of fused-ring (bicyclic) bond motifs is 1. The topological polar surface area (TPSA) is 52.5 Å². The van der Waals surface area contributed by atoms with E-state index < -0.39 is 12.8 Å². The molecule has 36 heavy (non-hydrogen) atoms. The van der Waals surface area contributed by atoms with Gasteiger partial charge in [-0.25, -0.2) is 4.79 Å². The summed E-state index contributed by atoms with van der Waals surface area (Å²) in [4.78, 5) is 12.4. The van der Waals surface area contributed by atoms with Crippen molar-refractivity contribution in [2.45, 2.75) is 31.5 Å². The second-order valence-corrected chi connectivity index (χ2v) is 8.96. The molecule has 5 rings (SSSR count). The van der Waals surface area contributed by atoms with Gasteiger partial charge in [0.25, 0.3) is 0 Å². The van der Waals surface area contributed by atoms with Crippen molar-refractivity contribution in [3.63, 3.8) is 0 Å². The normalized spacial score (nSPS) is 13.6. The van der Waals surface area contributed by atoms with Crippen LogP contribution in [-0.2, 0) is 11.3 Å². The van der Waals surface area contributed by atoms with E-state index in [1.807, 2.05) is 59.3 Å². The van der Waals surface area contributed by atoms with Crippen LogP contribution >= 0.6 is 0 Å². The van der Waals surface area contributed by atoms with Gasteiger partial charge in [-0.05, 0) is 78.4 Å². The fourth-order valence-corrected chi connectivity index (χ4v) is 4.29. The summed E-state index contributed by atoms with van der Waals surface area (Å²) in [6.07, 6.45) is -0.158. The molecule has 0 aliphatic heterocycles. The third-order valence-corrected chi connectivity index (χ3v) is 6.20. The number of methoxy groups -OCH3 is 1. The number of esters is 1. The molecule has 1 aliphatic rings. The number of rotatable bonds is 8. The molecule has 1 saturated carbocycles. The SMILES string of the molecule is COC(=O)c1cc(C2CC2)ccc1Nc1ccc2c(ccn2Cc2cccc(OCC(F)(F)F)c2)c1. The van der Waals surface area contributed by atoms with Crippen molar-refractivity contribution in [3.05, 3.63) is 89.6 Å². The molecular weight excluding hydrogens is 469 g/mol. The summed E-state index contributed by atoms with van der Waals surface area (Å²) in [5.41, 5.74) is 4.97. The fraction of sp³-hybridized carbons (Fsp3) is 0.250. The van der Waals surface area contributed by atoms with E-state index in [9.17, 15) is 18.0 Å². The third kappa shape index (κ3) is 5.48. The lowest BCUT2D eigenvalue weighted by molar-refractivity contribution is -0.153. The van der Waals surface area contributed by atoms with E-state index in [2.05, 4.69) is 5.32 Å². The van der Waals surface area contributed by atoms with Crippen molar-refractivity contribution < 1.29 is 27.4 Å². The van der Waals surface area contributed by atoms with Crippen molar-refractivity contribution in [2.75, 3.05) is 19.0 Å². The zero-order chi connectivity index (χ0) is 25.3. The van der Waals surface area contributed by atoms with Gasteiger partial charge in [-0.15, -0.1) is 0 Å². The van der Waals surface area contributed by atoms with Crippen LogP contribution in [0.25, 0.3) is 10.9 Å². The molecule has 3 aromatic carbocycles. The average Bonchev–Trinajstić information content (AvgIpc) is 3.64. The van der Waals surface area contributed by atoms with E-state index in [1.165, 1.54) is 13.2 Å². The van der Waals surface area contributed by atoms with Crippen LogP contribution in [0.15, 0.2) is 72.9 Å². The van der Waals surface area contributed by atoms with Crippen molar-refractivity contribution >= 4 is 28.2 Å². The van der Waals surface area contributed by atoms with Gasteiger partial charge in [0, 0.05) is 29.3 Å². The number of halogens is 3. The number of hydrogen-bond donors (Lipinski definition) is 1. The molecule has 0 unspecified atom stereocenters. The molecule has 1 aliphatic carbocycles. The predicted molar refractivity (Wildman–Crippen MR) is 132 cm³/mol. The zero-order valence-corrected chi connectivity index (χ0v) is 19.6. The first-order chi connectivity index (χ1) is 17.3. The Balaban J connectivity index is 1.34. The lowest BCUT2D eigenvalue weighted by atomic mass is 10.0. The third-order valence-electron chi connectivity index (χ3n) is 6.20. The largest absolute Gasteiger partial charge is 0.484 e. The smallest absolute Gasteiger partial charge is 0.422 e. The van der Waals surface area contributed by atoms with Crippen LogP contribution in [0.3, 0.4) is 0 Å². The number of carbonyl (C=O) groups is 1. The Morgan fingerprint density at radius 3 is 2.64 bits per heavy atom. The molecule has 0 atom stereocenters. The number of nitrogens with one attached hydrogen (secondary N) is 1. The molecule has 4 aromatic rings. The van der Waals surface area contributed by atoms with E-state index in [0.717, 1.165) is 40.6 Å². The number of ether oxygens (including phenoxy) is 2.